The molecule has 0 saturated heterocycles. The van der Waals surface area contributed by atoms with Gasteiger partial charge in [-0.15, -0.1) is 13.2 Å². The number of aromatic amines is 1. The van der Waals surface area contributed by atoms with Gasteiger partial charge in [0.2, 0.25) is 0 Å². The van der Waals surface area contributed by atoms with Gasteiger partial charge in [-0.1, -0.05) is 30.3 Å². The first kappa shape index (κ1) is 12.6. The fourth-order valence-electron chi connectivity index (χ4n) is 2.22. The number of benzene rings is 2. The zero-order valence-electron chi connectivity index (χ0n) is 10.2. The van der Waals surface area contributed by atoms with Gasteiger partial charge in [-0.05, 0) is 23.8 Å². The number of alkyl halides is 3. The molecule has 3 aromatic rings. The fourth-order valence-corrected chi connectivity index (χ4v) is 2.22. The molecule has 0 bridgehead atoms. The number of ether oxygens (including phenoxy) is 1. The Bertz CT molecular complexity index is 746. The lowest BCUT2D eigenvalue weighted by Crippen LogP contribution is -2.17. The molecule has 1 heterocycles. The predicted molar refractivity (Wildman–Crippen MR) is 70.4 cm³/mol. The zero-order chi connectivity index (χ0) is 14.2. The Kier molecular flexibility index (Phi) is 2.89. The highest BCUT2D eigenvalue weighted by Crippen LogP contribution is 2.36. The van der Waals surface area contributed by atoms with E-state index >= 15 is 0 Å². The molecule has 0 aliphatic carbocycles. The topological polar surface area (TPSA) is 25.0 Å². The normalized spacial score (nSPS) is 11.8. The minimum atomic E-state index is -4.71. The van der Waals surface area contributed by atoms with E-state index in [1.807, 2.05) is 12.1 Å². The van der Waals surface area contributed by atoms with Crippen LogP contribution in [0.5, 0.6) is 5.75 Å². The lowest BCUT2D eigenvalue weighted by Gasteiger charge is -2.13. The smallest absolute Gasteiger partial charge is 0.405 e. The van der Waals surface area contributed by atoms with E-state index in [9.17, 15) is 13.2 Å². The van der Waals surface area contributed by atoms with E-state index in [1.54, 1.807) is 30.5 Å². The van der Waals surface area contributed by atoms with Crippen molar-refractivity contribution in [1.82, 2.24) is 4.98 Å². The van der Waals surface area contributed by atoms with Gasteiger partial charge in [-0.2, -0.15) is 0 Å². The number of aromatic nitrogens is 1. The van der Waals surface area contributed by atoms with Crippen LogP contribution in [-0.2, 0) is 0 Å². The van der Waals surface area contributed by atoms with Crippen molar-refractivity contribution in [1.29, 1.82) is 0 Å². The van der Waals surface area contributed by atoms with Crippen LogP contribution >= 0.6 is 0 Å². The largest absolute Gasteiger partial charge is 0.573 e. The number of nitrogens with one attached hydrogen (secondary N) is 1. The molecule has 0 aliphatic rings. The second kappa shape index (κ2) is 4.59. The first-order valence-electron chi connectivity index (χ1n) is 5.96. The van der Waals surface area contributed by atoms with Crippen LogP contribution < -0.4 is 4.74 Å². The molecule has 102 valence electrons. The Morgan fingerprint density at radius 1 is 0.850 bits per heavy atom. The van der Waals surface area contributed by atoms with E-state index in [4.69, 9.17) is 0 Å². The Labute approximate surface area is 112 Å². The Balaban J connectivity index is 2.17. The van der Waals surface area contributed by atoms with Crippen molar-refractivity contribution >= 4 is 10.9 Å². The second-order valence-electron chi connectivity index (χ2n) is 4.29. The summed E-state index contributed by atoms with van der Waals surface area (Å²) in [5.41, 5.74) is 1.97. The third-order valence-corrected chi connectivity index (χ3v) is 3.00. The van der Waals surface area contributed by atoms with E-state index in [2.05, 4.69) is 9.72 Å². The minimum Gasteiger partial charge on any atom is -0.405 e. The molecule has 1 N–H and O–H groups in total. The first-order chi connectivity index (χ1) is 9.54. The molecule has 0 fully saturated rings. The summed E-state index contributed by atoms with van der Waals surface area (Å²) in [5.74, 6) is -0.200. The average Bonchev–Trinajstić information content (AvgIpc) is 2.85. The van der Waals surface area contributed by atoms with Crippen LogP contribution in [0, 0.1) is 0 Å². The van der Waals surface area contributed by atoms with Gasteiger partial charge in [0.15, 0.2) is 0 Å². The number of halogens is 3. The number of para-hydroxylation sites is 1. The monoisotopic (exact) mass is 277 g/mol. The molecule has 0 saturated carbocycles. The third-order valence-electron chi connectivity index (χ3n) is 3.00. The predicted octanol–water partition coefficient (Wildman–Crippen LogP) is 4.73. The number of hydrogen-bond acceptors (Lipinski definition) is 1. The van der Waals surface area contributed by atoms with E-state index in [0.29, 0.717) is 11.1 Å². The molecular formula is C15H10F3NO. The van der Waals surface area contributed by atoms with Crippen molar-refractivity contribution in [2.24, 2.45) is 0 Å². The van der Waals surface area contributed by atoms with Crippen molar-refractivity contribution in [3.63, 3.8) is 0 Å². The molecule has 0 atom stereocenters. The lowest BCUT2D eigenvalue weighted by molar-refractivity contribution is -0.274. The van der Waals surface area contributed by atoms with Gasteiger partial charge in [0, 0.05) is 22.7 Å². The summed E-state index contributed by atoms with van der Waals surface area (Å²) < 4.78 is 41.5. The van der Waals surface area contributed by atoms with Gasteiger partial charge in [0.1, 0.15) is 5.75 Å². The number of rotatable bonds is 2. The zero-order valence-corrected chi connectivity index (χ0v) is 10.2. The summed E-state index contributed by atoms with van der Waals surface area (Å²) in [4.78, 5) is 3.03. The van der Waals surface area contributed by atoms with Gasteiger partial charge in [0.05, 0.1) is 0 Å². The third kappa shape index (κ3) is 2.34. The van der Waals surface area contributed by atoms with Crippen molar-refractivity contribution in [3.05, 3.63) is 54.7 Å². The number of hydrogen-bond donors (Lipinski definition) is 1. The Morgan fingerprint density at radius 2 is 1.60 bits per heavy atom. The quantitative estimate of drug-likeness (QED) is 0.719. The summed E-state index contributed by atoms with van der Waals surface area (Å²) in [6, 6.07) is 13.4. The van der Waals surface area contributed by atoms with Crippen molar-refractivity contribution < 1.29 is 17.9 Å². The maximum Gasteiger partial charge on any atom is 0.573 e. The van der Waals surface area contributed by atoms with Crippen LogP contribution in [0.25, 0.3) is 22.0 Å². The average molecular weight is 277 g/mol. The van der Waals surface area contributed by atoms with Crippen LogP contribution in [0.15, 0.2) is 54.7 Å². The van der Waals surface area contributed by atoms with Crippen LogP contribution in [0.2, 0.25) is 0 Å². The maximum absolute atomic E-state index is 12.5. The number of H-pyrrole nitrogens is 1. The van der Waals surface area contributed by atoms with Crippen LogP contribution in [-0.4, -0.2) is 11.3 Å². The molecule has 20 heavy (non-hydrogen) atoms. The van der Waals surface area contributed by atoms with Crippen molar-refractivity contribution in [2.45, 2.75) is 6.36 Å². The first-order valence-corrected chi connectivity index (χ1v) is 5.96. The Hall–Kier alpha value is -2.43. The summed E-state index contributed by atoms with van der Waals surface area (Å²) in [7, 11) is 0. The maximum atomic E-state index is 12.5. The molecule has 0 aliphatic heterocycles. The molecule has 3 rings (SSSR count). The van der Waals surface area contributed by atoms with Gasteiger partial charge >= 0.3 is 6.36 Å². The van der Waals surface area contributed by atoms with Gasteiger partial charge < -0.3 is 9.72 Å². The molecule has 0 spiro atoms. The molecule has 0 radical (unpaired) electrons. The molecule has 2 nitrogen and oxygen atoms in total. The van der Waals surface area contributed by atoms with Crippen LogP contribution in [0.4, 0.5) is 13.2 Å². The molecular weight excluding hydrogens is 267 g/mol. The summed E-state index contributed by atoms with van der Waals surface area (Å²) in [6.45, 7) is 0. The van der Waals surface area contributed by atoms with Crippen molar-refractivity contribution in [3.8, 4) is 16.9 Å². The summed E-state index contributed by atoms with van der Waals surface area (Å²) in [5, 5.41) is 0.853. The van der Waals surface area contributed by atoms with Gasteiger partial charge in [-0.25, -0.2) is 0 Å². The molecule has 5 heteroatoms. The number of fused-ring (bicyclic) bond motifs is 1. The van der Waals surface area contributed by atoms with Crippen molar-refractivity contribution in [2.75, 3.05) is 0 Å². The highest BCUT2D eigenvalue weighted by Gasteiger charge is 2.32. The van der Waals surface area contributed by atoms with E-state index in [1.165, 1.54) is 12.1 Å². The molecule has 0 unspecified atom stereocenters. The molecule has 2 aromatic carbocycles. The highest BCUT2D eigenvalue weighted by atomic mass is 19.4. The molecule has 1 aromatic heterocycles. The minimum absolute atomic E-state index is 0.200. The van der Waals surface area contributed by atoms with E-state index in [-0.39, 0.29) is 5.75 Å². The Morgan fingerprint density at radius 3 is 2.40 bits per heavy atom. The standard InChI is InChI=1S/C15H10F3NO/c16-15(17,18)20-14-7-2-1-4-12(14)10-5-3-6-13-11(10)8-9-19-13/h1-9,19H. The van der Waals surface area contributed by atoms with Crippen LogP contribution in [0.3, 0.4) is 0 Å². The van der Waals surface area contributed by atoms with Crippen LogP contribution in [0.1, 0.15) is 0 Å². The fraction of sp³-hybridized carbons (Fsp3) is 0.0667. The summed E-state index contributed by atoms with van der Waals surface area (Å²) >= 11 is 0. The van der Waals surface area contributed by atoms with E-state index < -0.39 is 6.36 Å². The lowest BCUT2D eigenvalue weighted by atomic mass is 10.0. The summed E-state index contributed by atoms with van der Waals surface area (Å²) in [6.07, 6.45) is -2.95. The van der Waals surface area contributed by atoms with E-state index in [0.717, 1.165) is 10.9 Å². The van der Waals surface area contributed by atoms with Gasteiger partial charge in [-0.3, -0.25) is 0 Å². The second-order valence-corrected chi connectivity index (χ2v) is 4.29. The van der Waals surface area contributed by atoms with Gasteiger partial charge in [0.25, 0.3) is 0 Å². The highest BCUT2D eigenvalue weighted by molar-refractivity contribution is 5.96. The SMILES string of the molecule is FC(F)(F)Oc1ccccc1-c1cccc2[nH]ccc12. The molecule has 0 amide bonds.